The molecule has 0 bridgehead atoms. The lowest BCUT2D eigenvalue weighted by Crippen LogP contribution is -2.57. The fourth-order valence-corrected chi connectivity index (χ4v) is 2.23. The Bertz CT molecular complexity index is 294. The minimum Gasteiger partial charge on any atom is -0.380 e. The molecule has 0 spiro atoms. The predicted octanol–water partition coefficient (Wildman–Crippen LogP) is 0.729. The Morgan fingerprint density at radius 1 is 1.58 bits per heavy atom. The van der Waals surface area contributed by atoms with E-state index in [4.69, 9.17) is 10.5 Å². The van der Waals surface area contributed by atoms with Crippen LogP contribution in [-0.2, 0) is 9.53 Å². The molecule has 0 radical (unpaired) electrons. The number of nitrogens with zero attached hydrogens (tertiary/aromatic N) is 1. The second-order valence-electron chi connectivity index (χ2n) is 5.85. The van der Waals surface area contributed by atoms with Crippen molar-refractivity contribution < 1.29 is 9.53 Å². The molecule has 19 heavy (non-hydrogen) atoms. The van der Waals surface area contributed by atoms with Gasteiger partial charge in [0.25, 0.3) is 0 Å². The molecule has 1 amide bonds. The summed E-state index contributed by atoms with van der Waals surface area (Å²) >= 11 is 0. The Morgan fingerprint density at radius 2 is 2.21 bits per heavy atom. The van der Waals surface area contributed by atoms with Crippen LogP contribution in [0.1, 0.15) is 40.0 Å². The number of primary amides is 1. The Balaban J connectivity index is 2.45. The molecular formula is C14H29N3O2. The van der Waals surface area contributed by atoms with E-state index in [0.29, 0.717) is 6.04 Å². The van der Waals surface area contributed by atoms with E-state index in [9.17, 15) is 4.79 Å². The van der Waals surface area contributed by atoms with Gasteiger partial charge >= 0.3 is 0 Å². The Labute approximate surface area is 116 Å². The third kappa shape index (κ3) is 5.47. The van der Waals surface area contributed by atoms with E-state index in [0.717, 1.165) is 39.0 Å². The summed E-state index contributed by atoms with van der Waals surface area (Å²) in [7, 11) is 2.06. The predicted molar refractivity (Wildman–Crippen MR) is 77.0 cm³/mol. The maximum atomic E-state index is 11.7. The minimum atomic E-state index is -0.611. The number of carbonyl (C=O) groups excluding carboxylic acids is 1. The molecular weight excluding hydrogens is 242 g/mol. The normalized spacial score (nSPS) is 20.3. The fourth-order valence-electron chi connectivity index (χ4n) is 2.23. The average Bonchev–Trinajstić information content (AvgIpc) is 3.12. The van der Waals surface area contributed by atoms with Crippen molar-refractivity contribution in [3.8, 4) is 0 Å². The molecule has 5 nitrogen and oxygen atoms in total. The summed E-state index contributed by atoms with van der Waals surface area (Å²) in [6, 6.07) is 0.752. The number of likely N-dealkylation sites (N-methyl/N-ethyl adjacent to an activating group) is 1. The lowest BCUT2D eigenvalue weighted by atomic mass is 9.92. The summed E-state index contributed by atoms with van der Waals surface area (Å²) in [6.45, 7) is 8.37. The van der Waals surface area contributed by atoms with Gasteiger partial charge in [-0.2, -0.15) is 0 Å². The van der Waals surface area contributed by atoms with E-state index >= 15 is 0 Å². The topological polar surface area (TPSA) is 67.6 Å². The van der Waals surface area contributed by atoms with E-state index in [1.807, 2.05) is 13.8 Å². The van der Waals surface area contributed by atoms with Crippen LogP contribution in [0, 0.1) is 0 Å². The molecule has 3 N–H and O–H groups in total. The van der Waals surface area contributed by atoms with Gasteiger partial charge in [-0.25, -0.2) is 0 Å². The van der Waals surface area contributed by atoms with E-state index in [1.54, 1.807) is 0 Å². The molecule has 1 rings (SSSR count). The number of nitrogens with two attached hydrogens (primary N) is 1. The molecule has 5 heteroatoms. The quantitative estimate of drug-likeness (QED) is 0.575. The molecule has 0 aromatic rings. The van der Waals surface area contributed by atoms with E-state index < -0.39 is 5.54 Å². The maximum Gasteiger partial charge on any atom is 0.237 e. The summed E-state index contributed by atoms with van der Waals surface area (Å²) in [6.07, 6.45) is 3.02. The van der Waals surface area contributed by atoms with Crippen molar-refractivity contribution in [2.24, 2.45) is 5.73 Å². The number of nitrogens with one attached hydrogen (secondary N) is 1. The van der Waals surface area contributed by atoms with Crippen LogP contribution in [0.25, 0.3) is 0 Å². The highest BCUT2D eigenvalue weighted by Crippen LogP contribution is 2.25. The molecule has 0 aromatic heterocycles. The monoisotopic (exact) mass is 271 g/mol. The van der Waals surface area contributed by atoms with Gasteiger partial charge in [-0.3, -0.25) is 4.79 Å². The zero-order valence-corrected chi connectivity index (χ0v) is 12.7. The summed E-state index contributed by atoms with van der Waals surface area (Å²) in [5.74, 6) is -0.260. The van der Waals surface area contributed by atoms with Crippen molar-refractivity contribution >= 4 is 5.91 Å². The molecule has 1 saturated carbocycles. The largest absolute Gasteiger partial charge is 0.380 e. The van der Waals surface area contributed by atoms with Crippen LogP contribution < -0.4 is 11.1 Å². The van der Waals surface area contributed by atoms with Gasteiger partial charge in [0.15, 0.2) is 0 Å². The molecule has 0 aromatic carbocycles. The second-order valence-corrected chi connectivity index (χ2v) is 5.85. The summed E-state index contributed by atoms with van der Waals surface area (Å²) in [4.78, 5) is 13.9. The van der Waals surface area contributed by atoms with Gasteiger partial charge in [0.05, 0.1) is 12.1 Å². The zero-order valence-electron chi connectivity index (χ0n) is 12.7. The van der Waals surface area contributed by atoms with Crippen LogP contribution in [-0.4, -0.2) is 55.2 Å². The Hall–Kier alpha value is -0.650. The highest BCUT2D eigenvalue weighted by atomic mass is 16.5. The number of carbonyl (C=O) groups is 1. The number of ether oxygens (including phenoxy) is 1. The van der Waals surface area contributed by atoms with Gasteiger partial charge in [-0.15, -0.1) is 0 Å². The molecule has 1 fully saturated rings. The van der Waals surface area contributed by atoms with Crippen LogP contribution in [0.3, 0.4) is 0 Å². The first-order chi connectivity index (χ1) is 8.89. The van der Waals surface area contributed by atoms with E-state index in [2.05, 4.69) is 24.2 Å². The zero-order chi connectivity index (χ0) is 14.5. The second kappa shape index (κ2) is 7.22. The van der Waals surface area contributed by atoms with Crippen LogP contribution in [0.5, 0.6) is 0 Å². The SMILES string of the molecule is CCOCCN(C)C(C)CC(C)(NC1CC1)C(N)=O. The third-order valence-electron chi connectivity index (χ3n) is 3.89. The highest BCUT2D eigenvalue weighted by Gasteiger charge is 2.38. The summed E-state index contributed by atoms with van der Waals surface area (Å²) in [5, 5.41) is 3.39. The van der Waals surface area contributed by atoms with E-state index in [-0.39, 0.29) is 11.9 Å². The highest BCUT2D eigenvalue weighted by molar-refractivity contribution is 5.84. The summed E-state index contributed by atoms with van der Waals surface area (Å²) in [5.41, 5.74) is 4.96. The number of hydrogen-bond acceptors (Lipinski definition) is 4. The minimum absolute atomic E-state index is 0.260. The lowest BCUT2D eigenvalue weighted by molar-refractivity contribution is -0.124. The third-order valence-corrected chi connectivity index (χ3v) is 3.89. The van der Waals surface area contributed by atoms with Crippen LogP contribution in [0.2, 0.25) is 0 Å². The van der Waals surface area contributed by atoms with Gasteiger partial charge in [0, 0.05) is 25.2 Å². The first-order valence-corrected chi connectivity index (χ1v) is 7.24. The van der Waals surface area contributed by atoms with Gasteiger partial charge in [0.1, 0.15) is 0 Å². The molecule has 0 heterocycles. The smallest absolute Gasteiger partial charge is 0.237 e. The number of rotatable bonds is 10. The molecule has 1 aliphatic carbocycles. The standard InChI is InChI=1S/C14H29N3O2/c1-5-19-9-8-17(4)11(2)10-14(3,13(15)18)16-12-6-7-12/h11-12,16H,5-10H2,1-4H3,(H2,15,18). The molecule has 2 unspecified atom stereocenters. The maximum absolute atomic E-state index is 11.7. The molecule has 112 valence electrons. The fraction of sp³-hybridized carbons (Fsp3) is 0.929. The van der Waals surface area contributed by atoms with Crippen molar-refractivity contribution in [3.63, 3.8) is 0 Å². The van der Waals surface area contributed by atoms with Gasteiger partial charge in [0.2, 0.25) is 5.91 Å². The van der Waals surface area contributed by atoms with Gasteiger partial charge in [-0.05, 0) is 47.1 Å². The van der Waals surface area contributed by atoms with Crippen molar-refractivity contribution in [1.82, 2.24) is 10.2 Å². The van der Waals surface area contributed by atoms with Crippen molar-refractivity contribution in [2.45, 2.75) is 57.7 Å². The van der Waals surface area contributed by atoms with Crippen molar-refractivity contribution in [3.05, 3.63) is 0 Å². The Morgan fingerprint density at radius 3 is 2.68 bits per heavy atom. The molecule has 2 atom stereocenters. The molecule has 0 aliphatic heterocycles. The molecule has 0 saturated heterocycles. The molecule has 1 aliphatic rings. The van der Waals surface area contributed by atoms with Gasteiger partial charge < -0.3 is 20.7 Å². The van der Waals surface area contributed by atoms with Crippen LogP contribution in [0.4, 0.5) is 0 Å². The Kier molecular flexibility index (Phi) is 6.23. The first kappa shape index (κ1) is 16.4. The lowest BCUT2D eigenvalue weighted by Gasteiger charge is -2.34. The summed E-state index contributed by atoms with van der Waals surface area (Å²) < 4.78 is 5.36. The number of hydrogen-bond donors (Lipinski definition) is 2. The van der Waals surface area contributed by atoms with Crippen LogP contribution >= 0.6 is 0 Å². The first-order valence-electron chi connectivity index (χ1n) is 7.24. The number of amides is 1. The van der Waals surface area contributed by atoms with Gasteiger partial charge in [-0.1, -0.05) is 0 Å². The van der Waals surface area contributed by atoms with Crippen molar-refractivity contribution in [2.75, 3.05) is 26.8 Å². The van der Waals surface area contributed by atoms with Crippen LogP contribution in [0.15, 0.2) is 0 Å². The average molecular weight is 271 g/mol. The van der Waals surface area contributed by atoms with Crippen molar-refractivity contribution in [1.29, 1.82) is 0 Å². The van der Waals surface area contributed by atoms with E-state index in [1.165, 1.54) is 0 Å².